The van der Waals surface area contributed by atoms with Gasteiger partial charge in [0.05, 0.1) is 11.5 Å². The fourth-order valence-electron chi connectivity index (χ4n) is 2.54. The van der Waals surface area contributed by atoms with E-state index in [4.69, 9.17) is 10.5 Å². The highest BCUT2D eigenvalue weighted by Crippen LogP contribution is 2.38. The summed E-state index contributed by atoms with van der Waals surface area (Å²) in [6, 6.07) is 3.49. The molecule has 2 atom stereocenters. The number of rotatable bonds is 4. The molecule has 0 saturated heterocycles. The Bertz CT molecular complexity index is 490. The van der Waals surface area contributed by atoms with Crippen LogP contribution in [0.25, 0.3) is 0 Å². The van der Waals surface area contributed by atoms with Crippen LogP contribution in [0.15, 0.2) is 18.3 Å². The van der Waals surface area contributed by atoms with Crippen molar-refractivity contribution in [2.75, 3.05) is 5.32 Å². The van der Waals surface area contributed by atoms with Crippen LogP contribution in [0.2, 0.25) is 0 Å². The van der Waals surface area contributed by atoms with E-state index in [1.54, 1.807) is 18.3 Å². The van der Waals surface area contributed by atoms with Gasteiger partial charge in [0.2, 0.25) is 11.8 Å². The predicted octanol–water partition coefficient (Wildman–Crippen LogP) is 2.32. The van der Waals surface area contributed by atoms with Gasteiger partial charge in [-0.25, -0.2) is 4.98 Å². The number of carbonyl (C=O) groups is 1. The van der Waals surface area contributed by atoms with Crippen molar-refractivity contribution < 1.29 is 9.53 Å². The van der Waals surface area contributed by atoms with Crippen LogP contribution in [0.1, 0.15) is 40.0 Å². The van der Waals surface area contributed by atoms with Gasteiger partial charge in [-0.3, -0.25) is 4.79 Å². The van der Waals surface area contributed by atoms with Crippen LogP contribution in [-0.4, -0.2) is 23.0 Å². The standard InChI is InChI=1S/C15H23N3O2/c1-10(2)20-13-11(6-5-9-17-13)18-14(19)15(3)8-4-7-12(15)16/h5-6,9-10,12H,4,7-8,16H2,1-3H3,(H,18,19). The molecule has 2 rings (SSSR count). The molecule has 0 radical (unpaired) electrons. The van der Waals surface area contributed by atoms with E-state index < -0.39 is 5.41 Å². The number of hydrogen-bond acceptors (Lipinski definition) is 4. The average Bonchev–Trinajstić information content (AvgIpc) is 2.73. The lowest BCUT2D eigenvalue weighted by Gasteiger charge is -2.27. The molecule has 1 aromatic heterocycles. The van der Waals surface area contributed by atoms with Crippen LogP contribution in [0, 0.1) is 5.41 Å². The highest BCUT2D eigenvalue weighted by atomic mass is 16.5. The van der Waals surface area contributed by atoms with Crippen LogP contribution in [-0.2, 0) is 4.79 Å². The fourth-order valence-corrected chi connectivity index (χ4v) is 2.54. The lowest BCUT2D eigenvalue weighted by atomic mass is 9.84. The fraction of sp³-hybridized carbons (Fsp3) is 0.600. The molecule has 5 heteroatoms. The predicted molar refractivity (Wildman–Crippen MR) is 78.6 cm³/mol. The number of ether oxygens (including phenoxy) is 1. The SMILES string of the molecule is CC(C)Oc1ncccc1NC(=O)C1(C)CCCC1N. The van der Waals surface area contributed by atoms with Crippen molar-refractivity contribution in [2.45, 2.75) is 52.2 Å². The van der Waals surface area contributed by atoms with Crippen molar-refractivity contribution in [1.82, 2.24) is 4.98 Å². The zero-order valence-corrected chi connectivity index (χ0v) is 12.3. The number of amides is 1. The van der Waals surface area contributed by atoms with Crippen molar-refractivity contribution in [3.63, 3.8) is 0 Å². The molecule has 1 fully saturated rings. The summed E-state index contributed by atoms with van der Waals surface area (Å²) in [5.41, 5.74) is 6.17. The van der Waals surface area contributed by atoms with Gasteiger partial charge in [-0.05, 0) is 45.7 Å². The van der Waals surface area contributed by atoms with E-state index in [2.05, 4.69) is 10.3 Å². The number of carbonyl (C=O) groups excluding carboxylic acids is 1. The molecule has 2 unspecified atom stereocenters. The summed E-state index contributed by atoms with van der Waals surface area (Å²) in [4.78, 5) is 16.7. The molecule has 1 aliphatic carbocycles. The topological polar surface area (TPSA) is 77.2 Å². The first kappa shape index (κ1) is 14.8. The molecule has 5 nitrogen and oxygen atoms in total. The van der Waals surface area contributed by atoms with Crippen LogP contribution in [0.3, 0.4) is 0 Å². The third-order valence-corrected chi connectivity index (χ3v) is 3.92. The Kier molecular flexibility index (Phi) is 4.28. The molecule has 20 heavy (non-hydrogen) atoms. The maximum absolute atomic E-state index is 12.5. The van der Waals surface area contributed by atoms with E-state index in [9.17, 15) is 4.79 Å². The maximum atomic E-state index is 12.5. The third-order valence-electron chi connectivity index (χ3n) is 3.92. The quantitative estimate of drug-likeness (QED) is 0.885. The summed E-state index contributed by atoms with van der Waals surface area (Å²) in [5.74, 6) is 0.398. The molecule has 1 aromatic rings. The summed E-state index contributed by atoms with van der Waals surface area (Å²) in [6.07, 6.45) is 4.36. The van der Waals surface area contributed by atoms with Crippen LogP contribution in [0.5, 0.6) is 5.88 Å². The molecule has 3 N–H and O–H groups in total. The Morgan fingerprint density at radius 2 is 2.35 bits per heavy atom. The normalized spacial score (nSPS) is 25.8. The summed E-state index contributed by atoms with van der Waals surface area (Å²) in [6.45, 7) is 5.78. The van der Waals surface area contributed by atoms with Crippen molar-refractivity contribution in [3.05, 3.63) is 18.3 Å². The van der Waals surface area contributed by atoms with Crippen molar-refractivity contribution in [2.24, 2.45) is 11.1 Å². The molecule has 110 valence electrons. The Morgan fingerprint density at radius 1 is 1.60 bits per heavy atom. The molecule has 1 heterocycles. The Hall–Kier alpha value is -1.62. The number of nitrogens with one attached hydrogen (secondary N) is 1. The summed E-state index contributed by atoms with van der Waals surface area (Å²) in [5, 5.41) is 2.92. The summed E-state index contributed by atoms with van der Waals surface area (Å²) < 4.78 is 5.61. The second-order valence-electron chi connectivity index (χ2n) is 5.89. The van der Waals surface area contributed by atoms with Crippen molar-refractivity contribution in [3.8, 4) is 5.88 Å². The minimum absolute atomic E-state index is 0.00452. The van der Waals surface area contributed by atoms with E-state index in [0.717, 1.165) is 19.3 Å². The molecule has 0 bridgehead atoms. The van der Waals surface area contributed by atoms with E-state index in [-0.39, 0.29) is 18.1 Å². The minimum atomic E-state index is -0.509. The Balaban J connectivity index is 2.16. The molecule has 1 saturated carbocycles. The van der Waals surface area contributed by atoms with Crippen LogP contribution < -0.4 is 15.8 Å². The van der Waals surface area contributed by atoms with E-state index in [0.29, 0.717) is 11.6 Å². The molecule has 0 aliphatic heterocycles. The monoisotopic (exact) mass is 277 g/mol. The zero-order chi connectivity index (χ0) is 14.8. The lowest BCUT2D eigenvalue weighted by Crippen LogP contribution is -2.44. The Morgan fingerprint density at radius 3 is 2.95 bits per heavy atom. The molecule has 0 aromatic carbocycles. The maximum Gasteiger partial charge on any atom is 0.238 e. The van der Waals surface area contributed by atoms with Gasteiger partial charge < -0.3 is 15.8 Å². The van der Waals surface area contributed by atoms with Gasteiger partial charge in [0.1, 0.15) is 5.69 Å². The number of aromatic nitrogens is 1. The van der Waals surface area contributed by atoms with Gasteiger partial charge in [0.15, 0.2) is 0 Å². The summed E-state index contributed by atoms with van der Waals surface area (Å²) >= 11 is 0. The van der Waals surface area contributed by atoms with Gasteiger partial charge in [-0.15, -0.1) is 0 Å². The molecular weight excluding hydrogens is 254 g/mol. The number of hydrogen-bond donors (Lipinski definition) is 2. The first-order chi connectivity index (χ1) is 9.43. The largest absolute Gasteiger partial charge is 0.473 e. The number of nitrogens with two attached hydrogens (primary N) is 1. The third kappa shape index (κ3) is 2.93. The van der Waals surface area contributed by atoms with Gasteiger partial charge in [0.25, 0.3) is 0 Å². The number of anilines is 1. The van der Waals surface area contributed by atoms with E-state index in [1.165, 1.54) is 0 Å². The number of pyridine rings is 1. The zero-order valence-electron chi connectivity index (χ0n) is 12.3. The second kappa shape index (κ2) is 5.79. The van der Waals surface area contributed by atoms with Gasteiger partial charge in [0, 0.05) is 12.2 Å². The highest BCUT2D eigenvalue weighted by molar-refractivity contribution is 5.96. The van der Waals surface area contributed by atoms with E-state index >= 15 is 0 Å². The average molecular weight is 277 g/mol. The van der Waals surface area contributed by atoms with Gasteiger partial charge in [-0.2, -0.15) is 0 Å². The summed E-state index contributed by atoms with van der Waals surface area (Å²) in [7, 11) is 0. The highest BCUT2D eigenvalue weighted by Gasteiger charge is 2.43. The van der Waals surface area contributed by atoms with Gasteiger partial charge >= 0.3 is 0 Å². The first-order valence-corrected chi connectivity index (χ1v) is 7.12. The van der Waals surface area contributed by atoms with Crippen molar-refractivity contribution >= 4 is 11.6 Å². The molecule has 1 amide bonds. The smallest absolute Gasteiger partial charge is 0.238 e. The minimum Gasteiger partial charge on any atom is -0.473 e. The van der Waals surface area contributed by atoms with Crippen LogP contribution >= 0.6 is 0 Å². The van der Waals surface area contributed by atoms with E-state index in [1.807, 2.05) is 20.8 Å². The van der Waals surface area contributed by atoms with Gasteiger partial charge in [-0.1, -0.05) is 6.42 Å². The molecule has 0 spiro atoms. The molecule has 1 aliphatic rings. The van der Waals surface area contributed by atoms with Crippen molar-refractivity contribution in [1.29, 1.82) is 0 Å². The Labute approximate surface area is 119 Å². The number of nitrogens with zero attached hydrogens (tertiary/aromatic N) is 1. The van der Waals surface area contributed by atoms with Crippen LogP contribution in [0.4, 0.5) is 5.69 Å². The first-order valence-electron chi connectivity index (χ1n) is 7.12. The lowest BCUT2D eigenvalue weighted by molar-refractivity contribution is -0.125. The second-order valence-corrected chi connectivity index (χ2v) is 5.89. The molecular formula is C15H23N3O2.